The lowest BCUT2D eigenvalue weighted by atomic mass is 9.83. The van der Waals surface area contributed by atoms with Crippen LogP contribution in [0, 0.1) is 0 Å². The van der Waals surface area contributed by atoms with Crippen LogP contribution in [0.25, 0.3) is 21.9 Å². The zero-order valence-electron chi connectivity index (χ0n) is 20.7. The van der Waals surface area contributed by atoms with Crippen LogP contribution >= 0.6 is 0 Å². The van der Waals surface area contributed by atoms with Gasteiger partial charge in [-0.15, -0.1) is 0 Å². The van der Waals surface area contributed by atoms with Gasteiger partial charge in [-0.1, -0.05) is 66.7 Å². The number of benzene rings is 4. The molecule has 7 rings (SSSR count). The van der Waals surface area contributed by atoms with Crippen molar-refractivity contribution >= 4 is 39.5 Å². The van der Waals surface area contributed by atoms with Gasteiger partial charge in [0, 0.05) is 28.8 Å². The van der Waals surface area contributed by atoms with E-state index in [2.05, 4.69) is 34.2 Å². The van der Waals surface area contributed by atoms with Gasteiger partial charge < -0.3 is 10.3 Å². The van der Waals surface area contributed by atoms with E-state index in [0.29, 0.717) is 40.0 Å². The van der Waals surface area contributed by atoms with Crippen LogP contribution in [0.4, 0.5) is 5.95 Å². The molecule has 188 valence electrons. The summed E-state index contributed by atoms with van der Waals surface area (Å²) < 4.78 is 3.43. The van der Waals surface area contributed by atoms with Crippen LogP contribution in [0.3, 0.4) is 0 Å². The van der Waals surface area contributed by atoms with Crippen molar-refractivity contribution in [3.8, 4) is 0 Å². The smallest absolute Gasteiger partial charge is 0.300 e. The summed E-state index contributed by atoms with van der Waals surface area (Å²) in [6, 6.07) is 26.3. The van der Waals surface area contributed by atoms with Crippen LogP contribution in [0.15, 0.2) is 96.1 Å². The predicted octanol–water partition coefficient (Wildman–Crippen LogP) is 4.20. The van der Waals surface area contributed by atoms with Crippen LogP contribution in [0.5, 0.6) is 0 Å². The van der Waals surface area contributed by atoms with Gasteiger partial charge in [0.2, 0.25) is 5.95 Å². The van der Waals surface area contributed by atoms with E-state index in [1.54, 1.807) is 57.9 Å². The van der Waals surface area contributed by atoms with Gasteiger partial charge in [-0.3, -0.25) is 19.0 Å². The first-order valence-corrected chi connectivity index (χ1v) is 12.5. The van der Waals surface area contributed by atoms with E-state index in [0.717, 1.165) is 21.9 Å². The fourth-order valence-electron chi connectivity index (χ4n) is 5.35. The maximum Gasteiger partial charge on any atom is 0.300 e. The van der Waals surface area contributed by atoms with Crippen LogP contribution in [0.1, 0.15) is 43.0 Å². The topological polar surface area (TPSA) is 113 Å². The summed E-state index contributed by atoms with van der Waals surface area (Å²) in [4.78, 5) is 47.7. The molecule has 0 amide bonds. The number of anilines is 1. The normalized spacial score (nSPS) is 12.6. The van der Waals surface area contributed by atoms with Gasteiger partial charge in [0.25, 0.3) is 0 Å². The average molecular weight is 512 g/mol. The number of carbonyl (C=O) groups excluding carboxylic acids is 2. The van der Waals surface area contributed by atoms with E-state index in [1.807, 2.05) is 18.2 Å². The van der Waals surface area contributed by atoms with E-state index in [4.69, 9.17) is 5.73 Å². The standard InChI is InChI=1S/C31H21N5O3/c32-31-34-30(39)26-29(33-17-35(26)15-18-9-11-20-5-1-2-6-21(20)13-18)36(31)16-19-10-12-24-25(14-19)28(38)23-8-4-3-7-22(23)27(24)37/h1-14,17H,15-16H2,(H2,32,34,39). The number of hydrogen-bond acceptors (Lipinski definition) is 6. The summed E-state index contributed by atoms with van der Waals surface area (Å²) in [6.45, 7) is 0.663. The van der Waals surface area contributed by atoms with Crippen molar-refractivity contribution in [2.75, 3.05) is 5.73 Å². The Morgan fingerprint density at radius 2 is 1.31 bits per heavy atom. The van der Waals surface area contributed by atoms with Crippen molar-refractivity contribution in [3.05, 3.63) is 135 Å². The lowest BCUT2D eigenvalue weighted by Crippen LogP contribution is -2.22. The third-order valence-electron chi connectivity index (χ3n) is 7.27. The third-order valence-corrected chi connectivity index (χ3v) is 7.27. The van der Waals surface area contributed by atoms with Crippen LogP contribution in [0.2, 0.25) is 0 Å². The maximum atomic E-state index is 13.2. The second-order valence-corrected chi connectivity index (χ2v) is 9.67. The minimum Gasteiger partial charge on any atom is -0.369 e. The third kappa shape index (κ3) is 3.65. The average Bonchev–Trinajstić information content (AvgIpc) is 3.37. The number of nitrogens with zero attached hydrogens (tertiary/aromatic N) is 4. The number of rotatable bonds is 4. The molecule has 0 saturated heterocycles. The van der Waals surface area contributed by atoms with Crippen molar-refractivity contribution in [1.29, 1.82) is 0 Å². The molecule has 0 unspecified atom stereocenters. The summed E-state index contributed by atoms with van der Waals surface area (Å²) in [5.74, 6) is -0.349. The highest BCUT2D eigenvalue weighted by atomic mass is 16.1. The van der Waals surface area contributed by atoms with Crippen LogP contribution < -0.4 is 11.3 Å². The summed E-state index contributed by atoms with van der Waals surface area (Å²) >= 11 is 0. The molecule has 0 fully saturated rings. The largest absolute Gasteiger partial charge is 0.369 e. The Morgan fingerprint density at radius 3 is 2.10 bits per heavy atom. The van der Waals surface area contributed by atoms with Gasteiger partial charge in [0.1, 0.15) is 0 Å². The second kappa shape index (κ2) is 8.59. The van der Waals surface area contributed by atoms with Gasteiger partial charge in [0.05, 0.1) is 12.9 Å². The summed E-state index contributed by atoms with van der Waals surface area (Å²) in [6.07, 6.45) is 1.62. The molecule has 0 aliphatic heterocycles. The van der Waals surface area contributed by atoms with Gasteiger partial charge in [-0.25, -0.2) is 4.98 Å². The Morgan fingerprint density at radius 1 is 0.667 bits per heavy atom. The van der Waals surface area contributed by atoms with E-state index >= 15 is 0 Å². The molecule has 0 bridgehead atoms. The molecule has 0 atom stereocenters. The molecule has 2 aromatic heterocycles. The number of nitrogen functional groups attached to an aromatic ring is 1. The van der Waals surface area contributed by atoms with Crippen LogP contribution in [-0.2, 0) is 13.1 Å². The molecular formula is C31H21N5O3. The highest BCUT2D eigenvalue weighted by Gasteiger charge is 2.29. The summed E-state index contributed by atoms with van der Waals surface area (Å²) in [5, 5.41) is 2.25. The predicted molar refractivity (Wildman–Crippen MR) is 148 cm³/mol. The second-order valence-electron chi connectivity index (χ2n) is 9.67. The highest BCUT2D eigenvalue weighted by Crippen LogP contribution is 2.28. The van der Waals surface area contributed by atoms with Gasteiger partial charge in [-0.05, 0) is 40.1 Å². The van der Waals surface area contributed by atoms with E-state index in [1.165, 1.54) is 0 Å². The Labute approximate surface area is 222 Å². The van der Waals surface area contributed by atoms with E-state index < -0.39 is 5.56 Å². The monoisotopic (exact) mass is 511 g/mol. The molecule has 8 nitrogen and oxygen atoms in total. The van der Waals surface area contributed by atoms with Crippen molar-refractivity contribution in [1.82, 2.24) is 19.1 Å². The molecule has 1 aliphatic carbocycles. The molecule has 1 aliphatic rings. The highest BCUT2D eigenvalue weighted by molar-refractivity contribution is 6.28. The maximum absolute atomic E-state index is 13.2. The number of nitrogens with two attached hydrogens (primary N) is 1. The Bertz CT molecular complexity index is 2050. The first-order chi connectivity index (χ1) is 19.0. The fraction of sp³-hybridized carbons (Fsp3) is 0.0645. The molecule has 2 N–H and O–H groups in total. The molecule has 39 heavy (non-hydrogen) atoms. The molecular weight excluding hydrogens is 490 g/mol. The number of hydrogen-bond donors (Lipinski definition) is 1. The first kappa shape index (κ1) is 22.8. The zero-order chi connectivity index (χ0) is 26.7. The minimum absolute atomic E-state index is 0.0222. The summed E-state index contributed by atoms with van der Waals surface area (Å²) in [5.41, 5.74) is 9.76. The molecule has 0 saturated carbocycles. The SMILES string of the molecule is Nc1nc(=O)c2c(ncn2Cc2ccc3ccccc3c2)n1Cc1ccc2c(c1)C(=O)c1ccccc1C2=O. The van der Waals surface area contributed by atoms with E-state index in [9.17, 15) is 14.4 Å². The number of aromatic nitrogens is 4. The Hall–Kier alpha value is -5.37. The zero-order valence-corrected chi connectivity index (χ0v) is 20.7. The van der Waals surface area contributed by atoms with Crippen molar-refractivity contribution in [2.45, 2.75) is 13.1 Å². The lowest BCUT2D eigenvalue weighted by molar-refractivity contribution is 0.0979. The van der Waals surface area contributed by atoms with Gasteiger partial charge >= 0.3 is 5.56 Å². The van der Waals surface area contributed by atoms with Crippen molar-refractivity contribution in [3.63, 3.8) is 0 Å². The minimum atomic E-state index is -0.458. The molecule has 0 radical (unpaired) electrons. The first-order valence-electron chi connectivity index (χ1n) is 12.5. The number of carbonyl (C=O) groups is 2. The molecule has 8 heteroatoms. The number of imidazole rings is 1. The Kier molecular flexibility index (Phi) is 5.02. The molecule has 6 aromatic rings. The Balaban J connectivity index is 1.26. The molecule has 4 aromatic carbocycles. The molecule has 0 spiro atoms. The van der Waals surface area contributed by atoms with Crippen LogP contribution in [-0.4, -0.2) is 30.7 Å². The van der Waals surface area contributed by atoms with E-state index in [-0.39, 0.29) is 24.1 Å². The summed E-state index contributed by atoms with van der Waals surface area (Å²) in [7, 11) is 0. The van der Waals surface area contributed by atoms with Gasteiger partial charge in [0.15, 0.2) is 22.7 Å². The fourth-order valence-corrected chi connectivity index (χ4v) is 5.35. The lowest BCUT2D eigenvalue weighted by Gasteiger charge is -2.18. The van der Waals surface area contributed by atoms with Crippen molar-refractivity contribution in [2.24, 2.45) is 0 Å². The molecule has 2 heterocycles. The van der Waals surface area contributed by atoms with Gasteiger partial charge in [-0.2, -0.15) is 4.98 Å². The number of fused-ring (bicyclic) bond motifs is 4. The quantitative estimate of drug-likeness (QED) is 0.379. The number of ketones is 2. The van der Waals surface area contributed by atoms with Crippen molar-refractivity contribution < 1.29 is 9.59 Å².